The summed E-state index contributed by atoms with van der Waals surface area (Å²) in [5, 5.41) is 7.91. The Balaban J connectivity index is 1.31. The molecular formula is C21H26ClN3O2. The SMILES string of the molecule is C/C(CC(=O)NC12CC3CC(CC(C3)C1)C2)=N\NC(=O)c1cccc(Cl)c1. The largest absolute Gasteiger partial charge is 0.350 e. The van der Waals surface area contributed by atoms with E-state index in [0.29, 0.717) is 16.3 Å². The Hall–Kier alpha value is -1.88. The Morgan fingerprint density at radius 3 is 2.37 bits per heavy atom. The Morgan fingerprint density at radius 2 is 1.78 bits per heavy atom. The van der Waals surface area contributed by atoms with E-state index in [2.05, 4.69) is 15.8 Å². The number of amides is 2. The third-order valence-electron chi connectivity index (χ3n) is 6.29. The number of carbonyl (C=O) groups excluding carboxylic acids is 2. The zero-order valence-electron chi connectivity index (χ0n) is 15.6. The van der Waals surface area contributed by atoms with Crippen LogP contribution in [0.2, 0.25) is 5.02 Å². The topological polar surface area (TPSA) is 70.6 Å². The number of hydrogen-bond acceptors (Lipinski definition) is 3. The van der Waals surface area contributed by atoms with Crippen LogP contribution in [-0.4, -0.2) is 23.1 Å². The van der Waals surface area contributed by atoms with Gasteiger partial charge in [-0.05, 0) is 81.4 Å². The molecule has 0 saturated heterocycles. The minimum atomic E-state index is -0.335. The van der Waals surface area contributed by atoms with Crippen molar-refractivity contribution in [3.63, 3.8) is 0 Å². The summed E-state index contributed by atoms with van der Waals surface area (Å²) in [6.45, 7) is 1.76. The number of rotatable bonds is 5. The summed E-state index contributed by atoms with van der Waals surface area (Å²) in [6, 6.07) is 6.68. The molecule has 5 nitrogen and oxygen atoms in total. The van der Waals surface area contributed by atoms with Crippen LogP contribution >= 0.6 is 11.6 Å². The van der Waals surface area contributed by atoms with Crippen LogP contribution in [-0.2, 0) is 4.79 Å². The monoisotopic (exact) mass is 387 g/mol. The van der Waals surface area contributed by atoms with E-state index in [4.69, 9.17) is 11.6 Å². The summed E-state index contributed by atoms with van der Waals surface area (Å²) in [7, 11) is 0. The summed E-state index contributed by atoms with van der Waals surface area (Å²) >= 11 is 5.90. The van der Waals surface area contributed by atoms with Gasteiger partial charge in [0.1, 0.15) is 0 Å². The van der Waals surface area contributed by atoms with E-state index in [1.165, 1.54) is 19.3 Å². The van der Waals surface area contributed by atoms with E-state index in [0.717, 1.165) is 37.0 Å². The van der Waals surface area contributed by atoms with Gasteiger partial charge in [0.15, 0.2) is 0 Å². The molecule has 1 aromatic carbocycles. The average molecular weight is 388 g/mol. The molecule has 0 unspecified atom stereocenters. The van der Waals surface area contributed by atoms with Crippen LogP contribution in [0.15, 0.2) is 29.4 Å². The number of hydrogen-bond donors (Lipinski definition) is 2. The first-order valence-corrected chi connectivity index (χ1v) is 10.2. The summed E-state index contributed by atoms with van der Waals surface area (Å²) in [6.07, 6.45) is 7.66. The molecular weight excluding hydrogens is 362 g/mol. The highest BCUT2D eigenvalue weighted by Gasteiger charge is 2.51. The molecule has 144 valence electrons. The molecule has 1 aromatic rings. The fourth-order valence-corrected chi connectivity index (χ4v) is 5.91. The van der Waals surface area contributed by atoms with Crippen molar-refractivity contribution in [2.24, 2.45) is 22.9 Å². The fourth-order valence-electron chi connectivity index (χ4n) is 5.72. The number of benzene rings is 1. The molecule has 5 rings (SSSR count). The predicted octanol–water partition coefficient (Wildman–Crippen LogP) is 3.92. The first kappa shape index (κ1) is 18.5. The lowest BCUT2D eigenvalue weighted by molar-refractivity contribution is -0.125. The fraction of sp³-hybridized carbons (Fsp3) is 0.571. The van der Waals surface area contributed by atoms with Crippen LogP contribution < -0.4 is 10.7 Å². The van der Waals surface area contributed by atoms with Gasteiger partial charge in [-0.15, -0.1) is 0 Å². The molecule has 6 heteroatoms. The molecule has 0 heterocycles. The summed E-state index contributed by atoms with van der Waals surface area (Å²) in [5.41, 5.74) is 3.54. The molecule has 4 fully saturated rings. The molecule has 2 amide bonds. The normalized spacial score (nSPS) is 31.6. The van der Waals surface area contributed by atoms with Gasteiger partial charge < -0.3 is 5.32 Å². The first-order valence-electron chi connectivity index (χ1n) is 9.81. The molecule has 0 aliphatic heterocycles. The Labute approximate surface area is 164 Å². The van der Waals surface area contributed by atoms with Gasteiger partial charge in [0.2, 0.25) is 5.91 Å². The van der Waals surface area contributed by atoms with E-state index in [-0.39, 0.29) is 23.8 Å². The van der Waals surface area contributed by atoms with Gasteiger partial charge in [0.25, 0.3) is 5.91 Å². The van der Waals surface area contributed by atoms with Crippen molar-refractivity contribution < 1.29 is 9.59 Å². The van der Waals surface area contributed by atoms with E-state index in [1.54, 1.807) is 31.2 Å². The molecule has 4 aliphatic carbocycles. The number of carbonyl (C=O) groups is 2. The smallest absolute Gasteiger partial charge is 0.271 e. The molecule has 4 bridgehead atoms. The van der Waals surface area contributed by atoms with Crippen molar-refractivity contribution >= 4 is 29.1 Å². The van der Waals surface area contributed by atoms with E-state index < -0.39 is 0 Å². The van der Waals surface area contributed by atoms with Gasteiger partial charge in [0.05, 0.1) is 6.42 Å². The average Bonchev–Trinajstić information content (AvgIpc) is 2.57. The van der Waals surface area contributed by atoms with Crippen LogP contribution in [0, 0.1) is 17.8 Å². The second kappa shape index (κ2) is 7.27. The molecule has 27 heavy (non-hydrogen) atoms. The second-order valence-corrected chi connectivity index (χ2v) is 9.16. The summed E-state index contributed by atoms with van der Waals surface area (Å²) in [5.74, 6) is 2.06. The standard InChI is InChI=1S/C21H26ClN3O2/c1-13(24-25-20(27)17-3-2-4-18(22)9-17)5-19(26)23-21-10-14-6-15(11-21)8-16(7-14)12-21/h2-4,9,14-16H,5-8,10-12H2,1H3,(H,23,26)(H,25,27)/b24-13+. The number of nitrogens with one attached hydrogen (secondary N) is 2. The molecule has 4 aliphatic rings. The van der Waals surface area contributed by atoms with Crippen LogP contribution in [0.4, 0.5) is 0 Å². The van der Waals surface area contributed by atoms with Crippen LogP contribution in [0.3, 0.4) is 0 Å². The third-order valence-corrected chi connectivity index (χ3v) is 6.53. The van der Waals surface area contributed by atoms with Gasteiger partial charge in [-0.2, -0.15) is 5.10 Å². The minimum Gasteiger partial charge on any atom is -0.350 e. The predicted molar refractivity (Wildman–Crippen MR) is 106 cm³/mol. The maximum atomic E-state index is 12.6. The quantitative estimate of drug-likeness (QED) is 0.593. The lowest BCUT2D eigenvalue weighted by atomic mass is 9.53. The van der Waals surface area contributed by atoms with Crippen molar-refractivity contribution in [1.29, 1.82) is 0 Å². The second-order valence-electron chi connectivity index (χ2n) is 8.72. The van der Waals surface area contributed by atoms with Gasteiger partial charge in [0, 0.05) is 21.8 Å². The van der Waals surface area contributed by atoms with Crippen molar-refractivity contribution in [2.45, 2.75) is 57.4 Å². The van der Waals surface area contributed by atoms with E-state index in [9.17, 15) is 9.59 Å². The highest BCUT2D eigenvalue weighted by molar-refractivity contribution is 6.30. The van der Waals surface area contributed by atoms with Crippen LogP contribution in [0.1, 0.15) is 62.2 Å². The maximum Gasteiger partial charge on any atom is 0.271 e. The maximum absolute atomic E-state index is 12.6. The van der Waals surface area contributed by atoms with Crippen molar-refractivity contribution in [1.82, 2.24) is 10.7 Å². The molecule has 0 radical (unpaired) electrons. The Kier molecular flexibility index (Phi) is 4.97. The lowest BCUT2D eigenvalue weighted by Gasteiger charge is -2.56. The van der Waals surface area contributed by atoms with E-state index in [1.807, 2.05) is 0 Å². The van der Waals surface area contributed by atoms with Crippen molar-refractivity contribution in [3.8, 4) is 0 Å². The van der Waals surface area contributed by atoms with Gasteiger partial charge >= 0.3 is 0 Å². The third kappa shape index (κ3) is 4.18. The van der Waals surface area contributed by atoms with Gasteiger partial charge in [-0.3, -0.25) is 9.59 Å². The minimum absolute atomic E-state index is 0.00945. The first-order chi connectivity index (χ1) is 12.9. The molecule has 4 saturated carbocycles. The number of nitrogens with zero attached hydrogens (tertiary/aromatic N) is 1. The number of halogens is 1. The molecule has 2 N–H and O–H groups in total. The van der Waals surface area contributed by atoms with Crippen LogP contribution in [0.5, 0.6) is 0 Å². The summed E-state index contributed by atoms with van der Waals surface area (Å²) in [4.78, 5) is 24.7. The zero-order valence-corrected chi connectivity index (χ0v) is 16.4. The van der Waals surface area contributed by atoms with E-state index >= 15 is 0 Å². The highest BCUT2D eigenvalue weighted by Crippen LogP contribution is 2.55. The number of hydrazone groups is 1. The lowest BCUT2D eigenvalue weighted by Crippen LogP contribution is -2.60. The van der Waals surface area contributed by atoms with Crippen LogP contribution in [0.25, 0.3) is 0 Å². The summed E-state index contributed by atoms with van der Waals surface area (Å²) < 4.78 is 0. The van der Waals surface area contributed by atoms with Gasteiger partial charge in [-0.1, -0.05) is 17.7 Å². The highest BCUT2D eigenvalue weighted by atomic mass is 35.5. The van der Waals surface area contributed by atoms with Crippen molar-refractivity contribution in [2.75, 3.05) is 0 Å². The molecule has 0 spiro atoms. The Morgan fingerprint density at radius 1 is 1.15 bits per heavy atom. The molecule has 0 atom stereocenters. The van der Waals surface area contributed by atoms with Crippen molar-refractivity contribution in [3.05, 3.63) is 34.9 Å². The molecule has 0 aromatic heterocycles. The zero-order chi connectivity index (χ0) is 19.0. The van der Waals surface area contributed by atoms with Gasteiger partial charge in [-0.25, -0.2) is 5.43 Å². The Bertz CT molecular complexity index is 754.